The van der Waals surface area contributed by atoms with Crippen LogP contribution >= 0.6 is 11.3 Å². The van der Waals surface area contributed by atoms with Gasteiger partial charge in [-0.2, -0.15) is 0 Å². The first-order valence-corrected chi connectivity index (χ1v) is 24.3. The summed E-state index contributed by atoms with van der Waals surface area (Å²) in [6.07, 6.45) is 5.91. The number of fused-ring (bicyclic) bond motifs is 6. The zero-order chi connectivity index (χ0) is 48.4. The van der Waals surface area contributed by atoms with Gasteiger partial charge in [-0.05, 0) is 86.8 Å². The van der Waals surface area contributed by atoms with Crippen molar-refractivity contribution in [3.63, 3.8) is 0 Å². The molecule has 0 aliphatic carbocycles. The number of aromatic nitrogens is 3. The first-order chi connectivity index (χ1) is 31.9. The van der Waals surface area contributed by atoms with E-state index in [1.807, 2.05) is 32.2 Å². The summed E-state index contributed by atoms with van der Waals surface area (Å²) >= 11 is 1.41. The van der Waals surface area contributed by atoms with Gasteiger partial charge in [0, 0.05) is 87.4 Å². The van der Waals surface area contributed by atoms with Crippen LogP contribution in [-0.4, -0.2) is 142 Å². The Hall–Kier alpha value is -5.49. The summed E-state index contributed by atoms with van der Waals surface area (Å²) in [5.41, 5.74) is 8.41. The van der Waals surface area contributed by atoms with E-state index in [2.05, 4.69) is 66.9 Å². The standard InChI is InChI=1S/C50H67N9O7S/c1-11-42(61)55(8)34-18-22-57(26-34)48(64)56(9)44(31(3)4)46(62)53-38-24-41-52-39(27-67-41)33-16-17-40-36(23-33)37(45(58(40)12-2)35-15-13-20-51-43(35)32(5)65-10)25-49(6,7)29-66-30-50(28-60)19-14-21-59(54-50)47(38)63/h11,13,15-17,20,23,27-28,31-32,34,38,44,54H,1,12,14,18-19,21-22,24-26,29-30H2,2-10H3,(H,53,62)/t32-,34?,38-,44-,50-/m0/s1. The van der Waals surface area contributed by atoms with E-state index < -0.39 is 34.9 Å². The third-order valence-corrected chi connectivity index (χ3v) is 14.5. The molecule has 2 N–H and O–H groups in total. The molecule has 3 aromatic heterocycles. The van der Waals surface area contributed by atoms with Crippen LogP contribution in [0.2, 0.25) is 0 Å². The summed E-state index contributed by atoms with van der Waals surface area (Å²) in [4.78, 5) is 83.3. The normalized spacial score (nSPS) is 22.0. The monoisotopic (exact) mass is 937 g/mol. The van der Waals surface area contributed by atoms with Gasteiger partial charge in [0.25, 0.3) is 5.91 Å². The molecule has 67 heavy (non-hydrogen) atoms. The van der Waals surface area contributed by atoms with Crippen LogP contribution in [-0.2, 0) is 48.0 Å². The van der Waals surface area contributed by atoms with Gasteiger partial charge in [-0.15, -0.1) is 11.3 Å². The molecule has 3 aliphatic heterocycles. The quantitative estimate of drug-likeness (QED) is 0.134. The third kappa shape index (κ3) is 10.2. The van der Waals surface area contributed by atoms with Gasteiger partial charge in [-0.3, -0.25) is 24.4 Å². The van der Waals surface area contributed by atoms with Crippen LogP contribution in [0.5, 0.6) is 0 Å². The summed E-state index contributed by atoms with van der Waals surface area (Å²) in [6.45, 7) is 17.9. The zero-order valence-corrected chi connectivity index (χ0v) is 41.3. The molecular weight excluding hydrogens is 871 g/mol. The summed E-state index contributed by atoms with van der Waals surface area (Å²) in [6, 6.07) is 7.92. The van der Waals surface area contributed by atoms with E-state index in [4.69, 9.17) is 19.4 Å². The number of likely N-dealkylation sites (N-methyl/N-ethyl adjacent to an activating group) is 2. The van der Waals surface area contributed by atoms with E-state index >= 15 is 0 Å². The number of rotatable bonds is 11. The first-order valence-electron chi connectivity index (χ1n) is 23.4. The third-order valence-electron chi connectivity index (χ3n) is 13.6. The van der Waals surface area contributed by atoms with Crippen LogP contribution in [0.1, 0.15) is 83.2 Å². The van der Waals surface area contributed by atoms with Crippen molar-refractivity contribution in [1.82, 2.24) is 45.0 Å². The van der Waals surface area contributed by atoms with Crippen molar-refractivity contribution in [2.45, 2.75) is 110 Å². The topological polar surface area (TPSA) is 172 Å². The molecule has 17 heteroatoms. The van der Waals surface area contributed by atoms with Gasteiger partial charge in [-0.25, -0.2) is 15.2 Å². The Balaban J connectivity index is 1.26. The molecule has 5 amide bonds. The number of aldehydes is 1. The second kappa shape index (κ2) is 20.4. The van der Waals surface area contributed by atoms with Crippen molar-refractivity contribution in [2.75, 3.05) is 54.1 Å². The lowest BCUT2D eigenvalue weighted by Crippen LogP contribution is -2.66. The van der Waals surface area contributed by atoms with E-state index in [1.165, 1.54) is 27.3 Å². The molecule has 360 valence electrons. The van der Waals surface area contributed by atoms with Gasteiger partial charge < -0.3 is 38.9 Å². The lowest BCUT2D eigenvalue weighted by Gasteiger charge is -2.42. The van der Waals surface area contributed by atoms with Gasteiger partial charge >= 0.3 is 6.03 Å². The zero-order valence-electron chi connectivity index (χ0n) is 40.5. The van der Waals surface area contributed by atoms with Crippen molar-refractivity contribution < 1.29 is 33.4 Å². The molecule has 0 spiro atoms. The number of aryl methyl sites for hydroxylation is 1. The number of urea groups is 1. The summed E-state index contributed by atoms with van der Waals surface area (Å²) < 4.78 is 14.7. The molecule has 6 bridgehead atoms. The Morgan fingerprint density at radius 1 is 1.15 bits per heavy atom. The van der Waals surface area contributed by atoms with Crippen LogP contribution in [0.15, 0.2) is 54.6 Å². The molecule has 6 heterocycles. The fraction of sp³-hybridized carbons (Fsp3) is 0.540. The number of hydrogen-bond acceptors (Lipinski definition) is 11. The highest BCUT2D eigenvalue weighted by Crippen LogP contribution is 2.42. The first kappa shape index (κ1) is 49.4. The number of methoxy groups -OCH3 is 1. The SMILES string of the molecule is C=CC(=O)N(C)C1CCN(C(=O)N(C)[C@H](C(=O)N[C@H]2Cc3nc(cs3)-c3ccc4c(c3)c(c(-c3cccnc3[C@H](C)OC)n4CC)CC(C)(C)COC[C@@]3(C=O)CCCN(N3)C2=O)C(C)C)C1. The number of hydrogen-bond donors (Lipinski definition) is 2. The van der Waals surface area contributed by atoms with E-state index in [0.29, 0.717) is 63.5 Å². The molecule has 2 saturated heterocycles. The summed E-state index contributed by atoms with van der Waals surface area (Å²) in [7, 11) is 4.98. The van der Waals surface area contributed by atoms with Crippen LogP contribution < -0.4 is 10.7 Å². The van der Waals surface area contributed by atoms with E-state index in [0.717, 1.165) is 51.0 Å². The van der Waals surface area contributed by atoms with Crippen molar-refractivity contribution in [1.29, 1.82) is 0 Å². The fourth-order valence-electron chi connectivity index (χ4n) is 9.99. The molecule has 16 nitrogen and oxygen atoms in total. The number of thiazole rings is 1. The predicted octanol–water partition coefficient (Wildman–Crippen LogP) is 6.04. The second-order valence-electron chi connectivity index (χ2n) is 19.4. The number of carbonyl (C=O) groups excluding carboxylic acids is 5. The summed E-state index contributed by atoms with van der Waals surface area (Å²) in [5, 5.41) is 8.16. The minimum Gasteiger partial charge on any atom is -0.378 e. The van der Waals surface area contributed by atoms with Gasteiger partial charge in [0.2, 0.25) is 11.8 Å². The molecular formula is C50H67N9O7S. The Morgan fingerprint density at radius 3 is 2.63 bits per heavy atom. The largest absolute Gasteiger partial charge is 0.378 e. The molecule has 0 saturated carbocycles. The molecule has 7 rings (SSSR count). The number of ether oxygens (including phenoxy) is 2. The van der Waals surface area contributed by atoms with Crippen LogP contribution in [0.3, 0.4) is 0 Å². The predicted molar refractivity (Wildman–Crippen MR) is 259 cm³/mol. The molecule has 4 aromatic rings. The number of amides is 5. The van der Waals surface area contributed by atoms with E-state index in [-0.39, 0.29) is 43.0 Å². The number of nitrogens with zero attached hydrogens (tertiary/aromatic N) is 7. The molecule has 1 unspecified atom stereocenters. The van der Waals surface area contributed by atoms with Crippen LogP contribution in [0, 0.1) is 11.3 Å². The number of nitrogens with one attached hydrogen (secondary N) is 2. The smallest absolute Gasteiger partial charge is 0.320 e. The summed E-state index contributed by atoms with van der Waals surface area (Å²) in [5.74, 6) is -1.47. The maximum atomic E-state index is 14.8. The Morgan fingerprint density at radius 2 is 1.93 bits per heavy atom. The van der Waals surface area contributed by atoms with Gasteiger partial charge in [0.1, 0.15) is 23.9 Å². The highest BCUT2D eigenvalue weighted by atomic mass is 32.1. The molecule has 5 atom stereocenters. The Bertz CT molecular complexity index is 2500. The minimum absolute atomic E-state index is 0.0274. The highest BCUT2D eigenvalue weighted by molar-refractivity contribution is 7.10. The lowest BCUT2D eigenvalue weighted by molar-refractivity contribution is -0.147. The minimum atomic E-state index is -1.19. The van der Waals surface area contributed by atoms with Crippen LogP contribution in [0.25, 0.3) is 33.4 Å². The van der Waals surface area contributed by atoms with Gasteiger partial charge in [0.15, 0.2) is 0 Å². The number of carbonyl (C=O) groups is 5. The average molecular weight is 938 g/mol. The van der Waals surface area contributed by atoms with Crippen molar-refractivity contribution in [2.24, 2.45) is 11.3 Å². The number of hydrazine groups is 1. The Kier molecular flexibility index (Phi) is 15.0. The second-order valence-corrected chi connectivity index (χ2v) is 20.4. The van der Waals surface area contributed by atoms with Crippen molar-refractivity contribution >= 4 is 52.3 Å². The van der Waals surface area contributed by atoms with Gasteiger partial charge in [0.05, 0.1) is 47.4 Å². The van der Waals surface area contributed by atoms with Crippen molar-refractivity contribution in [3.8, 4) is 22.5 Å². The molecule has 1 aromatic carbocycles. The van der Waals surface area contributed by atoms with Crippen LogP contribution in [0.4, 0.5) is 4.79 Å². The fourth-order valence-corrected chi connectivity index (χ4v) is 10.8. The number of pyridine rings is 1. The average Bonchev–Trinajstić information content (AvgIpc) is 4.08. The number of benzene rings is 1. The van der Waals surface area contributed by atoms with Crippen molar-refractivity contribution in [3.05, 3.63) is 70.8 Å². The maximum Gasteiger partial charge on any atom is 0.320 e. The number of likely N-dealkylation sites (tertiary alicyclic amines) is 1. The van der Waals surface area contributed by atoms with E-state index in [1.54, 1.807) is 37.2 Å². The lowest BCUT2D eigenvalue weighted by atomic mass is 9.84. The Labute approximate surface area is 398 Å². The maximum absolute atomic E-state index is 14.8. The molecule has 0 radical (unpaired) electrons. The van der Waals surface area contributed by atoms with E-state index in [9.17, 15) is 24.0 Å². The highest BCUT2D eigenvalue weighted by Gasteiger charge is 2.42. The molecule has 2 fully saturated rings. The molecule has 3 aliphatic rings. The van der Waals surface area contributed by atoms with Gasteiger partial charge in [-0.1, -0.05) is 40.3 Å².